The van der Waals surface area contributed by atoms with E-state index in [4.69, 9.17) is 5.73 Å². The smallest absolute Gasteiger partial charge is 0.249 e. The van der Waals surface area contributed by atoms with Crippen molar-refractivity contribution in [2.75, 3.05) is 0 Å². The highest BCUT2D eigenvalue weighted by molar-refractivity contribution is 6.00. The fourth-order valence-corrected chi connectivity index (χ4v) is 1.82. The lowest BCUT2D eigenvalue weighted by Crippen LogP contribution is -2.12. The third-order valence-electron chi connectivity index (χ3n) is 2.68. The van der Waals surface area contributed by atoms with Crippen molar-refractivity contribution >= 4 is 5.91 Å². The first kappa shape index (κ1) is 11.3. The van der Waals surface area contributed by atoms with Gasteiger partial charge in [0.2, 0.25) is 5.91 Å². The van der Waals surface area contributed by atoms with Gasteiger partial charge in [-0.25, -0.2) is 4.39 Å². The SMILES string of the molecule is Cc1ccc(F)cc1-c1ccccc1C(N)=O. The van der Waals surface area contributed by atoms with E-state index in [0.717, 1.165) is 5.56 Å². The minimum Gasteiger partial charge on any atom is -0.366 e. The highest BCUT2D eigenvalue weighted by Gasteiger charge is 2.11. The van der Waals surface area contributed by atoms with Crippen LogP contribution < -0.4 is 5.73 Å². The monoisotopic (exact) mass is 229 g/mol. The zero-order chi connectivity index (χ0) is 12.4. The zero-order valence-corrected chi connectivity index (χ0v) is 9.41. The topological polar surface area (TPSA) is 43.1 Å². The van der Waals surface area contributed by atoms with Crippen molar-refractivity contribution in [2.45, 2.75) is 6.92 Å². The van der Waals surface area contributed by atoms with E-state index in [2.05, 4.69) is 0 Å². The molecule has 0 saturated carbocycles. The molecule has 86 valence electrons. The number of rotatable bonds is 2. The molecule has 0 radical (unpaired) electrons. The molecule has 2 rings (SSSR count). The van der Waals surface area contributed by atoms with Gasteiger partial charge in [0.1, 0.15) is 5.82 Å². The summed E-state index contributed by atoms with van der Waals surface area (Å²) in [6.45, 7) is 1.87. The lowest BCUT2D eigenvalue weighted by molar-refractivity contribution is 0.100. The molecule has 0 saturated heterocycles. The van der Waals surface area contributed by atoms with Gasteiger partial charge in [0.05, 0.1) is 0 Å². The number of halogens is 1. The van der Waals surface area contributed by atoms with Crippen molar-refractivity contribution in [3.05, 3.63) is 59.4 Å². The molecule has 0 atom stereocenters. The molecule has 0 bridgehead atoms. The van der Waals surface area contributed by atoms with Crippen LogP contribution in [0.4, 0.5) is 4.39 Å². The molecule has 2 aromatic carbocycles. The summed E-state index contributed by atoms with van der Waals surface area (Å²) in [7, 11) is 0. The molecule has 0 fully saturated rings. The van der Waals surface area contributed by atoms with Crippen LogP contribution in [0.3, 0.4) is 0 Å². The fraction of sp³-hybridized carbons (Fsp3) is 0.0714. The molecule has 3 heteroatoms. The summed E-state index contributed by atoms with van der Waals surface area (Å²) in [5.74, 6) is -0.839. The second-order valence-corrected chi connectivity index (χ2v) is 3.87. The maximum atomic E-state index is 13.2. The maximum Gasteiger partial charge on any atom is 0.249 e. The van der Waals surface area contributed by atoms with Gasteiger partial charge in [0, 0.05) is 5.56 Å². The Labute approximate surface area is 98.9 Å². The third kappa shape index (κ3) is 2.18. The first-order chi connectivity index (χ1) is 8.09. The van der Waals surface area contributed by atoms with Gasteiger partial charge in [0.15, 0.2) is 0 Å². The van der Waals surface area contributed by atoms with Crippen LogP contribution in [0, 0.1) is 12.7 Å². The second kappa shape index (κ2) is 4.37. The van der Waals surface area contributed by atoms with Crippen molar-refractivity contribution in [3.63, 3.8) is 0 Å². The minimum absolute atomic E-state index is 0.329. The van der Waals surface area contributed by atoms with Crippen LogP contribution in [0.1, 0.15) is 15.9 Å². The van der Waals surface area contributed by atoms with Gasteiger partial charge in [-0.05, 0) is 41.8 Å². The van der Waals surface area contributed by atoms with Crippen LogP contribution in [0.5, 0.6) is 0 Å². The van der Waals surface area contributed by atoms with E-state index in [1.807, 2.05) is 6.92 Å². The molecule has 0 aliphatic carbocycles. The first-order valence-corrected chi connectivity index (χ1v) is 5.25. The number of hydrogen-bond acceptors (Lipinski definition) is 1. The maximum absolute atomic E-state index is 13.2. The Balaban J connectivity index is 2.68. The Morgan fingerprint density at radius 2 is 1.82 bits per heavy atom. The van der Waals surface area contributed by atoms with Gasteiger partial charge in [-0.2, -0.15) is 0 Å². The van der Waals surface area contributed by atoms with E-state index in [-0.39, 0.29) is 5.82 Å². The van der Waals surface area contributed by atoms with Crippen LogP contribution in [-0.2, 0) is 0 Å². The van der Waals surface area contributed by atoms with Gasteiger partial charge in [0.25, 0.3) is 0 Å². The number of carbonyl (C=O) groups excluding carboxylic acids is 1. The predicted molar refractivity (Wildman–Crippen MR) is 65.1 cm³/mol. The van der Waals surface area contributed by atoms with Gasteiger partial charge in [-0.15, -0.1) is 0 Å². The molecule has 0 heterocycles. The normalized spacial score (nSPS) is 10.2. The van der Waals surface area contributed by atoms with Crippen molar-refractivity contribution in [1.29, 1.82) is 0 Å². The van der Waals surface area contributed by atoms with Crippen LogP contribution in [0.2, 0.25) is 0 Å². The standard InChI is InChI=1S/C14H12FNO/c1-9-6-7-10(15)8-13(9)11-4-2-3-5-12(11)14(16)17/h2-8H,1H3,(H2,16,17). The molecule has 0 aliphatic heterocycles. The fourth-order valence-electron chi connectivity index (χ4n) is 1.82. The molecular formula is C14H12FNO. The van der Waals surface area contributed by atoms with Gasteiger partial charge in [-0.1, -0.05) is 24.3 Å². The largest absolute Gasteiger partial charge is 0.366 e. The van der Waals surface area contributed by atoms with Crippen molar-refractivity contribution < 1.29 is 9.18 Å². The molecular weight excluding hydrogens is 217 g/mol. The van der Waals surface area contributed by atoms with Crippen LogP contribution in [0.25, 0.3) is 11.1 Å². The molecule has 17 heavy (non-hydrogen) atoms. The van der Waals surface area contributed by atoms with E-state index in [0.29, 0.717) is 16.7 Å². The minimum atomic E-state index is -0.510. The van der Waals surface area contributed by atoms with Crippen LogP contribution in [-0.4, -0.2) is 5.91 Å². The lowest BCUT2D eigenvalue weighted by atomic mass is 9.95. The van der Waals surface area contributed by atoms with Crippen molar-refractivity contribution in [3.8, 4) is 11.1 Å². The van der Waals surface area contributed by atoms with E-state index in [1.54, 1.807) is 30.3 Å². The highest BCUT2D eigenvalue weighted by atomic mass is 19.1. The molecule has 2 nitrogen and oxygen atoms in total. The van der Waals surface area contributed by atoms with Crippen molar-refractivity contribution in [1.82, 2.24) is 0 Å². The number of nitrogens with two attached hydrogens (primary N) is 1. The first-order valence-electron chi connectivity index (χ1n) is 5.25. The van der Waals surface area contributed by atoms with Crippen LogP contribution in [0.15, 0.2) is 42.5 Å². The van der Waals surface area contributed by atoms with Gasteiger partial charge >= 0.3 is 0 Å². The van der Waals surface area contributed by atoms with Gasteiger partial charge < -0.3 is 5.73 Å². The van der Waals surface area contributed by atoms with Crippen molar-refractivity contribution in [2.24, 2.45) is 5.73 Å². The molecule has 0 spiro atoms. The number of primary amides is 1. The highest BCUT2D eigenvalue weighted by Crippen LogP contribution is 2.27. The molecule has 0 unspecified atom stereocenters. The second-order valence-electron chi connectivity index (χ2n) is 3.87. The molecule has 2 N–H and O–H groups in total. The number of aryl methyl sites for hydroxylation is 1. The third-order valence-corrected chi connectivity index (χ3v) is 2.68. The average Bonchev–Trinajstić information content (AvgIpc) is 2.32. The summed E-state index contributed by atoms with van der Waals surface area (Å²) in [6, 6.07) is 11.4. The van der Waals surface area contributed by atoms with E-state index >= 15 is 0 Å². The number of hydrogen-bond donors (Lipinski definition) is 1. The molecule has 0 aliphatic rings. The van der Waals surface area contributed by atoms with Crippen LogP contribution >= 0.6 is 0 Å². The number of amides is 1. The Morgan fingerprint density at radius 3 is 2.53 bits per heavy atom. The number of benzene rings is 2. The summed E-state index contributed by atoms with van der Waals surface area (Å²) in [4.78, 5) is 11.3. The summed E-state index contributed by atoms with van der Waals surface area (Å²) in [6.07, 6.45) is 0. The molecule has 0 aromatic heterocycles. The Hall–Kier alpha value is -2.16. The Kier molecular flexibility index (Phi) is 2.91. The van der Waals surface area contributed by atoms with E-state index in [1.165, 1.54) is 12.1 Å². The summed E-state index contributed by atoms with van der Waals surface area (Å²) in [5, 5.41) is 0. The molecule has 1 amide bonds. The predicted octanol–water partition coefficient (Wildman–Crippen LogP) is 2.90. The number of carbonyl (C=O) groups is 1. The summed E-state index contributed by atoms with van der Waals surface area (Å²) >= 11 is 0. The van der Waals surface area contributed by atoms with E-state index in [9.17, 15) is 9.18 Å². The summed E-state index contributed by atoms with van der Waals surface area (Å²) < 4.78 is 13.2. The quantitative estimate of drug-likeness (QED) is 0.845. The molecule has 2 aromatic rings. The Bertz CT molecular complexity index is 578. The zero-order valence-electron chi connectivity index (χ0n) is 9.41. The average molecular weight is 229 g/mol. The lowest BCUT2D eigenvalue weighted by Gasteiger charge is -2.09. The summed E-state index contributed by atoms with van der Waals surface area (Å²) in [5.41, 5.74) is 7.97. The van der Waals surface area contributed by atoms with Gasteiger partial charge in [-0.3, -0.25) is 4.79 Å². The Morgan fingerprint density at radius 1 is 1.12 bits per heavy atom. The van der Waals surface area contributed by atoms with E-state index < -0.39 is 5.91 Å².